The highest BCUT2D eigenvalue weighted by Crippen LogP contribution is 2.15. The Labute approximate surface area is 69.7 Å². The lowest BCUT2D eigenvalue weighted by Crippen LogP contribution is -2.15. The number of halogens is 3. The Morgan fingerprint density at radius 1 is 1.17 bits per heavy atom. The first-order chi connectivity index (χ1) is 5.42. The van der Waals surface area contributed by atoms with E-state index in [1.165, 1.54) is 0 Å². The Balaban J connectivity index is 3.12. The fourth-order valence-electron chi connectivity index (χ4n) is 0.566. The second kappa shape index (κ2) is 5.37. The summed E-state index contributed by atoms with van der Waals surface area (Å²) in [6.45, 7) is 3.61. The molecule has 74 valence electrons. The van der Waals surface area contributed by atoms with Crippen molar-refractivity contribution in [1.82, 2.24) is 0 Å². The third kappa shape index (κ3) is 9.71. The molecule has 0 rings (SSSR count). The molecule has 0 fully saturated rings. The van der Waals surface area contributed by atoms with Gasteiger partial charge in [-0.25, -0.2) is 0 Å². The van der Waals surface area contributed by atoms with Crippen molar-refractivity contribution < 1.29 is 22.6 Å². The van der Waals surface area contributed by atoms with Crippen LogP contribution in [0, 0.1) is 0 Å². The molecule has 0 bridgehead atoms. The van der Waals surface area contributed by atoms with Gasteiger partial charge in [-0.1, -0.05) is 0 Å². The number of hydrogen-bond donors (Lipinski definition) is 0. The topological polar surface area (TPSA) is 18.5 Å². The van der Waals surface area contributed by atoms with Crippen LogP contribution < -0.4 is 0 Å². The summed E-state index contributed by atoms with van der Waals surface area (Å²) in [5.74, 6) is 0. The summed E-state index contributed by atoms with van der Waals surface area (Å²) in [6, 6.07) is 0. The summed E-state index contributed by atoms with van der Waals surface area (Å²) in [4.78, 5) is 0. The summed E-state index contributed by atoms with van der Waals surface area (Å²) in [6.07, 6.45) is -4.20. The summed E-state index contributed by atoms with van der Waals surface area (Å²) in [5.41, 5.74) is 0. The average molecular weight is 186 g/mol. The average Bonchev–Trinajstić information content (AvgIpc) is 1.83. The third-order valence-corrected chi connectivity index (χ3v) is 1.01. The van der Waals surface area contributed by atoms with E-state index in [2.05, 4.69) is 4.74 Å². The van der Waals surface area contributed by atoms with Crippen LogP contribution in [0.4, 0.5) is 13.2 Å². The Bertz CT molecular complexity index is 112. The molecule has 2 nitrogen and oxygen atoms in total. The molecule has 0 unspecified atom stereocenters. The summed E-state index contributed by atoms with van der Waals surface area (Å²) < 4.78 is 42.7. The Hall–Kier alpha value is -0.290. The van der Waals surface area contributed by atoms with Crippen LogP contribution in [0.15, 0.2) is 0 Å². The van der Waals surface area contributed by atoms with Gasteiger partial charge in [0, 0.05) is 6.61 Å². The van der Waals surface area contributed by atoms with E-state index in [0.717, 1.165) is 0 Å². The minimum Gasteiger partial charge on any atom is -0.379 e. The zero-order chi connectivity index (χ0) is 9.61. The largest absolute Gasteiger partial charge is 0.522 e. The van der Waals surface area contributed by atoms with Crippen molar-refractivity contribution in [2.75, 3.05) is 13.2 Å². The first-order valence-corrected chi connectivity index (χ1v) is 3.74. The molecule has 0 N–H and O–H groups in total. The molecule has 0 aliphatic carbocycles. The van der Waals surface area contributed by atoms with Crippen molar-refractivity contribution in [1.29, 1.82) is 0 Å². The van der Waals surface area contributed by atoms with E-state index in [1.807, 2.05) is 13.8 Å². The van der Waals surface area contributed by atoms with E-state index in [-0.39, 0.29) is 19.1 Å². The molecule has 0 atom stereocenters. The van der Waals surface area contributed by atoms with Gasteiger partial charge >= 0.3 is 6.36 Å². The van der Waals surface area contributed by atoms with Crippen LogP contribution in [0.5, 0.6) is 0 Å². The number of ether oxygens (including phenoxy) is 2. The Kier molecular flexibility index (Phi) is 5.24. The second-order valence-corrected chi connectivity index (χ2v) is 2.57. The lowest BCUT2D eigenvalue weighted by Gasteiger charge is -2.08. The fourth-order valence-corrected chi connectivity index (χ4v) is 0.566. The molecule has 0 spiro atoms. The number of rotatable bonds is 5. The predicted molar refractivity (Wildman–Crippen MR) is 37.7 cm³/mol. The van der Waals surface area contributed by atoms with Gasteiger partial charge in [0.2, 0.25) is 0 Å². The molecule has 5 heteroatoms. The molecule has 0 aromatic rings. The van der Waals surface area contributed by atoms with Crippen molar-refractivity contribution in [3.05, 3.63) is 0 Å². The van der Waals surface area contributed by atoms with Crippen LogP contribution in [-0.4, -0.2) is 25.7 Å². The van der Waals surface area contributed by atoms with Gasteiger partial charge < -0.3 is 4.74 Å². The van der Waals surface area contributed by atoms with E-state index in [0.29, 0.717) is 6.61 Å². The van der Waals surface area contributed by atoms with Gasteiger partial charge in [-0.2, -0.15) is 0 Å². The van der Waals surface area contributed by atoms with Gasteiger partial charge in [-0.15, -0.1) is 13.2 Å². The quantitative estimate of drug-likeness (QED) is 0.613. The van der Waals surface area contributed by atoms with Gasteiger partial charge in [0.1, 0.15) is 0 Å². The van der Waals surface area contributed by atoms with Crippen LogP contribution in [0.1, 0.15) is 20.3 Å². The SMILES string of the molecule is CC(C)OCCCOC(F)(F)F. The van der Waals surface area contributed by atoms with E-state index in [9.17, 15) is 13.2 Å². The monoisotopic (exact) mass is 186 g/mol. The van der Waals surface area contributed by atoms with Crippen LogP contribution in [0.25, 0.3) is 0 Å². The molecule has 0 saturated carbocycles. The predicted octanol–water partition coefficient (Wildman–Crippen LogP) is 2.34. The highest BCUT2D eigenvalue weighted by Gasteiger charge is 2.28. The molecule has 0 aliphatic rings. The summed E-state index contributed by atoms with van der Waals surface area (Å²) in [5, 5.41) is 0. The molecule has 0 heterocycles. The van der Waals surface area contributed by atoms with Crippen LogP contribution in [-0.2, 0) is 9.47 Å². The smallest absolute Gasteiger partial charge is 0.379 e. The van der Waals surface area contributed by atoms with Gasteiger partial charge in [-0.05, 0) is 20.3 Å². The maximum Gasteiger partial charge on any atom is 0.522 e. The van der Waals surface area contributed by atoms with Crippen molar-refractivity contribution in [2.45, 2.75) is 32.7 Å². The minimum atomic E-state index is -4.52. The normalized spacial score (nSPS) is 12.5. The van der Waals surface area contributed by atoms with E-state index >= 15 is 0 Å². The van der Waals surface area contributed by atoms with Crippen molar-refractivity contribution in [2.24, 2.45) is 0 Å². The zero-order valence-electron chi connectivity index (χ0n) is 7.15. The maximum atomic E-state index is 11.4. The molecule has 0 saturated heterocycles. The summed E-state index contributed by atoms with van der Waals surface area (Å²) >= 11 is 0. The molecule has 12 heavy (non-hydrogen) atoms. The molecule has 0 amide bonds. The van der Waals surface area contributed by atoms with E-state index in [4.69, 9.17) is 4.74 Å². The first-order valence-electron chi connectivity index (χ1n) is 3.74. The number of alkyl halides is 3. The van der Waals surface area contributed by atoms with Gasteiger partial charge in [0.05, 0.1) is 12.7 Å². The molecular formula is C7H13F3O2. The highest BCUT2D eigenvalue weighted by molar-refractivity contribution is 4.39. The van der Waals surface area contributed by atoms with Crippen molar-refractivity contribution >= 4 is 0 Å². The second-order valence-electron chi connectivity index (χ2n) is 2.57. The van der Waals surface area contributed by atoms with Crippen LogP contribution in [0.3, 0.4) is 0 Å². The van der Waals surface area contributed by atoms with E-state index < -0.39 is 6.36 Å². The minimum absolute atomic E-state index is 0.0517. The lowest BCUT2D eigenvalue weighted by atomic mass is 10.4. The molecule has 0 radical (unpaired) electrons. The first kappa shape index (κ1) is 11.7. The van der Waals surface area contributed by atoms with Crippen LogP contribution >= 0.6 is 0 Å². The standard InChI is InChI=1S/C7H13F3O2/c1-6(2)11-4-3-5-12-7(8,9)10/h6H,3-5H2,1-2H3. The van der Waals surface area contributed by atoms with Crippen molar-refractivity contribution in [3.8, 4) is 0 Å². The van der Waals surface area contributed by atoms with Crippen LogP contribution in [0.2, 0.25) is 0 Å². The third-order valence-electron chi connectivity index (χ3n) is 1.01. The van der Waals surface area contributed by atoms with Gasteiger partial charge in [0.15, 0.2) is 0 Å². The Morgan fingerprint density at radius 2 is 1.75 bits per heavy atom. The number of hydrogen-bond acceptors (Lipinski definition) is 2. The van der Waals surface area contributed by atoms with E-state index in [1.54, 1.807) is 0 Å². The zero-order valence-corrected chi connectivity index (χ0v) is 7.15. The summed E-state index contributed by atoms with van der Waals surface area (Å²) in [7, 11) is 0. The molecular weight excluding hydrogens is 173 g/mol. The molecule has 0 aliphatic heterocycles. The Morgan fingerprint density at radius 3 is 2.17 bits per heavy atom. The molecule has 0 aromatic heterocycles. The highest BCUT2D eigenvalue weighted by atomic mass is 19.4. The van der Waals surface area contributed by atoms with Gasteiger partial charge in [0.25, 0.3) is 0 Å². The lowest BCUT2D eigenvalue weighted by molar-refractivity contribution is -0.325. The molecule has 0 aromatic carbocycles. The van der Waals surface area contributed by atoms with Gasteiger partial charge in [-0.3, -0.25) is 4.74 Å². The van der Waals surface area contributed by atoms with Crippen molar-refractivity contribution in [3.63, 3.8) is 0 Å². The fraction of sp³-hybridized carbons (Fsp3) is 1.00. The maximum absolute atomic E-state index is 11.4.